The molecule has 1 aliphatic carbocycles. The fourth-order valence-corrected chi connectivity index (χ4v) is 3.78. The Morgan fingerprint density at radius 3 is 2.21 bits per heavy atom. The van der Waals surface area contributed by atoms with Crippen LogP contribution in [0.5, 0.6) is 0 Å². The number of nitrogens with zero attached hydrogens (tertiary/aromatic N) is 1. The average Bonchev–Trinajstić information content (AvgIpc) is 2.96. The maximum absolute atomic E-state index is 5.74. The number of hydrogen-bond donors (Lipinski definition) is 1. The maximum atomic E-state index is 5.74. The van der Waals surface area contributed by atoms with Gasteiger partial charge in [-0.1, -0.05) is 25.0 Å². The minimum Gasteiger partial charge on any atom is -0.399 e. The molecule has 1 heterocycles. The summed E-state index contributed by atoms with van der Waals surface area (Å²) in [5.41, 5.74) is 8.07. The van der Waals surface area contributed by atoms with Crippen LogP contribution in [-0.2, 0) is 6.42 Å². The molecule has 2 fully saturated rings. The van der Waals surface area contributed by atoms with Gasteiger partial charge >= 0.3 is 0 Å². The maximum Gasteiger partial charge on any atom is 0.0314 e. The highest BCUT2D eigenvalue weighted by molar-refractivity contribution is 5.39. The molecule has 2 heteroatoms. The molecule has 1 aromatic carbocycles. The monoisotopic (exact) mass is 258 g/mol. The smallest absolute Gasteiger partial charge is 0.0314 e. The molecule has 0 bridgehead atoms. The zero-order chi connectivity index (χ0) is 13.1. The molecule has 2 N–H and O–H groups in total. The van der Waals surface area contributed by atoms with Crippen LogP contribution in [0.3, 0.4) is 0 Å². The van der Waals surface area contributed by atoms with Crippen LogP contribution in [0.15, 0.2) is 24.3 Å². The van der Waals surface area contributed by atoms with Crippen molar-refractivity contribution in [3.8, 4) is 0 Å². The Morgan fingerprint density at radius 1 is 0.947 bits per heavy atom. The first-order valence-corrected chi connectivity index (χ1v) is 7.90. The van der Waals surface area contributed by atoms with Crippen LogP contribution >= 0.6 is 0 Å². The highest BCUT2D eigenvalue weighted by Gasteiger charge is 2.26. The van der Waals surface area contributed by atoms with Gasteiger partial charge in [0.05, 0.1) is 0 Å². The standard InChI is InChI=1S/C17H26N2/c18-16-7-5-14(6-8-16)13-15-9-11-19(12-10-15)17-3-1-2-4-17/h5-8,15,17H,1-4,9-13,18H2. The summed E-state index contributed by atoms with van der Waals surface area (Å²) in [7, 11) is 0. The number of benzene rings is 1. The van der Waals surface area contributed by atoms with E-state index in [1.807, 2.05) is 12.1 Å². The van der Waals surface area contributed by atoms with Gasteiger partial charge in [0.1, 0.15) is 0 Å². The summed E-state index contributed by atoms with van der Waals surface area (Å²) in [6.07, 6.45) is 9.79. The van der Waals surface area contributed by atoms with Crippen LogP contribution in [0.25, 0.3) is 0 Å². The Labute approximate surface area is 117 Å². The third kappa shape index (κ3) is 3.30. The summed E-state index contributed by atoms with van der Waals surface area (Å²) >= 11 is 0. The van der Waals surface area contributed by atoms with Crippen LogP contribution in [-0.4, -0.2) is 24.0 Å². The van der Waals surface area contributed by atoms with Crippen molar-refractivity contribution < 1.29 is 0 Å². The van der Waals surface area contributed by atoms with Gasteiger partial charge in [0.2, 0.25) is 0 Å². The van der Waals surface area contributed by atoms with Gasteiger partial charge < -0.3 is 10.6 Å². The highest BCUT2D eigenvalue weighted by Crippen LogP contribution is 2.29. The molecule has 0 amide bonds. The van der Waals surface area contributed by atoms with E-state index in [1.165, 1.54) is 63.6 Å². The number of nitrogens with two attached hydrogens (primary N) is 1. The first-order chi connectivity index (χ1) is 9.31. The third-order valence-electron chi connectivity index (χ3n) is 4.99. The van der Waals surface area contributed by atoms with E-state index < -0.39 is 0 Å². The molecule has 0 atom stereocenters. The predicted octanol–water partition coefficient (Wildman–Crippen LogP) is 3.47. The number of nitrogen functional groups attached to an aromatic ring is 1. The lowest BCUT2D eigenvalue weighted by atomic mass is 9.89. The van der Waals surface area contributed by atoms with E-state index >= 15 is 0 Å². The van der Waals surface area contributed by atoms with Crippen LogP contribution in [0, 0.1) is 5.92 Å². The lowest BCUT2D eigenvalue weighted by Gasteiger charge is -2.36. The van der Waals surface area contributed by atoms with E-state index in [2.05, 4.69) is 17.0 Å². The van der Waals surface area contributed by atoms with Gasteiger partial charge in [0.15, 0.2) is 0 Å². The first-order valence-electron chi connectivity index (χ1n) is 7.90. The van der Waals surface area contributed by atoms with Gasteiger partial charge in [-0.15, -0.1) is 0 Å². The van der Waals surface area contributed by atoms with Crippen molar-refractivity contribution in [2.45, 2.75) is 51.0 Å². The van der Waals surface area contributed by atoms with Crippen molar-refractivity contribution >= 4 is 5.69 Å². The quantitative estimate of drug-likeness (QED) is 0.841. The van der Waals surface area contributed by atoms with E-state index in [0.29, 0.717) is 0 Å². The molecule has 1 saturated carbocycles. The summed E-state index contributed by atoms with van der Waals surface area (Å²) in [6, 6.07) is 9.36. The Bertz CT molecular complexity index is 384. The Balaban J connectivity index is 1.48. The molecule has 104 valence electrons. The molecule has 1 saturated heterocycles. The second kappa shape index (κ2) is 5.96. The zero-order valence-corrected chi connectivity index (χ0v) is 11.9. The van der Waals surface area contributed by atoms with E-state index in [0.717, 1.165) is 17.6 Å². The molecule has 3 rings (SSSR count). The van der Waals surface area contributed by atoms with Gasteiger partial charge in [0, 0.05) is 11.7 Å². The minimum atomic E-state index is 0.875. The van der Waals surface area contributed by atoms with Crippen molar-refractivity contribution in [1.82, 2.24) is 4.90 Å². The number of rotatable bonds is 3. The fraction of sp³-hybridized carbons (Fsp3) is 0.647. The molecule has 0 unspecified atom stereocenters. The summed E-state index contributed by atoms with van der Waals surface area (Å²) in [4.78, 5) is 2.76. The Morgan fingerprint density at radius 2 is 1.58 bits per heavy atom. The van der Waals surface area contributed by atoms with Crippen LogP contribution < -0.4 is 5.73 Å². The molecule has 1 aliphatic heterocycles. The molecule has 0 spiro atoms. The molecule has 19 heavy (non-hydrogen) atoms. The lowest BCUT2D eigenvalue weighted by molar-refractivity contribution is 0.134. The van der Waals surface area contributed by atoms with Gasteiger partial charge in [-0.3, -0.25) is 0 Å². The van der Waals surface area contributed by atoms with Gasteiger partial charge in [-0.2, -0.15) is 0 Å². The molecular weight excluding hydrogens is 232 g/mol. The van der Waals surface area contributed by atoms with Crippen LogP contribution in [0.2, 0.25) is 0 Å². The normalized spacial score (nSPS) is 22.9. The molecular formula is C17H26N2. The molecule has 1 aromatic rings. The second-order valence-corrected chi connectivity index (χ2v) is 6.36. The Hall–Kier alpha value is -1.02. The van der Waals surface area contributed by atoms with E-state index in [1.54, 1.807) is 0 Å². The topological polar surface area (TPSA) is 29.3 Å². The summed E-state index contributed by atoms with van der Waals surface area (Å²) in [6.45, 7) is 2.65. The highest BCUT2D eigenvalue weighted by atomic mass is 15.2. The average molecular weight is 258 g/mol. The predicted molar refractivity (Wildman–Crippen MR) is 81.1 cm³/mol. The zero-order valence-electron chi connectivity index (χ0n) is 11.9. The van der Waals surface area contributed by atoms with Gasteiger partial charge in [-0.05, 0) is 68.8 Å². The van der Waals surface area contributed by atoms with Crippen molar-refractivity contribution in [2.75, 3.05) is 18.8 Å². The number of anilines is 1. The van der Waals surface area contributed by atoms with Crippen molar-refractivity contribution in [2.24, 2.45) is 5.92 Å². The van der Waals surface area contributed by atoms with Crippen LogP contribution in [0.1, 0.15) is 44.1 Å². The molecule has 2 aliphatic rings. The van der Waals surface area contributed by atoms with Crippen molar-refractivity contribution in [1.29, 1.82) is 0 Å². The van der Waals surface area contributed by atoms with Gasteiger partial charge in [-0.25, -0.2) is 0 Å². The summed E-state index contributed by atoms with van der Waals surface area (Å²) in [5, 5.41) is 0. The Kier molecular flexibility index (Phi) is 4.07. The van der Waals surface area contributed by atoms with E-state index in [4.69, 9.17) is 5.73 Å². The summed E-state index contributed by atoms with van der Waals surface area (Å²) in [5.74, 6) is 0.876. The number of hydrogen-bond acceptors (Lipinski definition) is 2. The van der Waals surface area contributed by atoms with Crippen LogP contribution in [0.4, 0.5) is 5.69 Å². The fourth-order valence-electron chi connectivity index (χ4n) is 3.78. The summed E-state index contributed by atoms with van der Waals surface area (Å²) < 4.78 is 0. The van der Waals surface area contributed by atoms with E-state index in [9.17, 15) is 0 Å². The number of likely N-dealkylation sites (tertiary alicyclic amines) is 1. The van der Waals surface area contributed by atoms with E-state index in [-0.39, 0.29) is 0 Å². The van der Waals surface area contributed by atoms with Gasteiger partial charge in [0.25, 0.3) is 0 Å². The minimum absolute atomic E-state index is 0.875. The van der Waals surface area contributed by atoms with Crippen molar-refractivity contribution in [3.63, 3.8) is 0 Å². The molecule has 0 radical (unpaired) electrons. The molecule has 0 aromatic heterocycles. The lowest BCUT2D eigenvalue weighted by Crippen LogP contribution is -2.40. The first kappa shape index (κ1) is 13.0. The SMILES string of the molecule is Nc1ccc(CC2CCN(C3CCCC3)CC2)cc1. The van der Waals surface area contributed by atoms with Crippen molar-refractivity contribution in [3.05, 3.63) is 29.8 Å². The second-order valence-electron chi connectivity index (χ2n) is 6.36. The third-order valence-corrected chi connectivity index (χ3v) is 4.99. The largest absolute Gasteiger partial charge is 0.399 e. The number of piperidine rings is 1. The molecule has 2 nitrogen and oxygen atoms in total.